The van der Waals surface area contributed by atoms with Crippen LogP contribution in [-0.4, -0.2) is 12.6 Å². The smallest absolute Gasteiger partial charge is 0.00670 e. The van der Waals surface area contributed by atoms with Crippen molar-refractivity contribution in [3.8, 4) is 0 Å². The molecule has 1 fully saturated rings. The third-order valence-corrected chi connectivity index (χ3v) is 6.32. The van der Waals surface area contributed by atoms with Crippen LogP contribution in [0.3, 0.4) is 0 Å². The Bertz CT molecular complexity index is 249. The second-order valence-corrected chi connectivity index (χ2v) is 8.95. The van der Waals surface area contributed by atoms with Crippen LogP contribution in [0.5, 0.6) is 0 Å². The van der Waals surface area contributed by atoms with Gasteiger partial charge in [0.15, 0.2) is 0 Å². The van der Waals surface area contributed by atoms with Crippen LogP contribution >= 0.6 is 0 Å². The first-order valence-electron chi connectivity index (χ1n) is 12.7. The average molecular weight is 366 g/mol. The number of unbranched alkanes of at least 4 members (excludes halogenated alkanes) is 9. The normalized spacial score (nSPS) is 18.8. The Kier molecular flexibility index (Phi) is 18.2. The quantitative estimate of drug-likeness (QED) is 0.341. The number of hydrogen-bond acceptors (Lipinski definition) is 1. The lowest BCUT2D eigenvalue weighted by Crippen LogP contribution is -2.30. The summed E-state index contributed by atoms with van der Waals surface area (Å²) in [5.74, 6) is 0. The van der Waals surface area contributed by atoms with Gasteiger partial charge in [0.25, 0.3) is 0 Å². The molecule has 1 aliphatic carbocycles. The summed E-state index contributed by atoms with van der Waals surface area (Å²) in [6, 6.07) is 0.814. The second kappa shape index (κ2) is 19.7. The second-order valence-electron chi connectivity index (χ2n) is 8.95. The van der Waals surface area contributed by atoms with E-state index in [1.54, 1.807) is 0 Å². The zero-order valence-corrected chi connectivity index (χ0v) is 18.3. The molecule has 0 amide bonds. The van der Waals surface area contributed by atoms with E-state index < -0.39 is 0 Å². The topological polar surface area (TPSA) is 12.0 Å². The van der Waals surface area contributed by atoms with Gasteiger partial charge in [0.2, 0.25) is 0 Å². The summed E-state index contributed by atoms with van der Waals surface area (Å²) in [6.07, 6.45) is 32.0. The van der Waals surface area contributed by atoms with Crippen molar-refractivity contribution in [3.05, 3.63) is 0 Å². The Balaban J connectivity index is 1.97. The van der Waals surface area contributed by atoms with E-state index in [1.165, 1.54) is 148 Å². The Morgan fingerprint density at radius 3 is 1.35 bits per heavy atom. The highest BCUT2D eigenvalue weighted by molar-refractivity contribution is 4.68. The van der Waals surface area contributed by atoms with Crippen LogP contribution in [0.25, 0.3) is 0 Å². The van der Waals surface area contributed by atoms with Crippen molar-refractivity contribution in [3.63, 3.8) is 0 Å². The predicted molar refractivity (Wildman–Crippen MR) is 119 cm³/mol. The molecular formula is C25H51N. The molecule has 0 radical (unpaired) electrons. The van der Waals surface area contributed by atoms with Gasteiger partial charge in [-0.25, -0.2) is 0 Å². The summed E-state index contributed by atoms with van der Waals surface area (Å²) in [4.78, 5) is 0. The molecule has 156 valence electrons. The largest absolute Gasteiger partial charge is 0.314 e. The third kappa shape index (κ3) is 16.2. The minimum Gasteiger partial charge on any atom is -0.314 e. The van der Waals surface area contributed by atoms with E-state index in [-0.39, 0.29) is 0 Å². The predicted octanol–water partition coefficient (Wildman–Crippen LogP) is 8.56. The number of rotatable bonds is 12. The van der Waals surface area contributed by atoms with Gasteiger partial charge in [-0.05, 0) is 25.8 Å². The minimum atomic E-state index is 0.814. The van der Waals surface area contributed by atoms with Gasteiger partial charge in [-0.15, -0.1) is 0 Å². The van der Waals surface area contributed by atoms with Crippen molar-refractivity contribution in [1.82, 2.24) is 5.32 Å². The van der Waals surface area contributed by atoms with Crippen molar-refractivity contribution >= 4 is 0 Å². The Morgan fingerprint density at radius 1 is 0.500 bits per heavy atom. The lowest BCUT2D eigenvalue weighted by atomic mass is 10.0. The van der Waals surface area contributed by atoms with Gasteiger partial charge >= 0.3 is 0 Å². The van der Waals surface area contributed by atoms with Gasteiger partial charge in [0, 0.05) is 6.04 Å². The molecule has 1 N–H and O–H groups in total. The zero-order chi connectivity index (χ0) is 18.5. The first-order chi connectivity index (χ1) is 12.9. The van der Waals surface area contributed by atoms with E-state index >= 15 is 0 Å². The van der Waals surface area contributed by atoms with Crippen molar-refractivity contribution in [2.45, 2.75) is 154 Å². The summed E-state index contributed by atoms with van der Waals surface area (Å²) in [7, 11) is 0. The van der Waals surface area contributed by atoms with E-state index in [4.69, 9.17) is 0 Å². The number of nitrogens with one attached hydrogen (secondary N) is 1. The van der Waals surface area contributed by atoms with Crippen LogP contribution < -0.4 is 5.32 Å². The molecule has 1 rings (SSSR count). The molecule has 1 saturated carbocycles. The Hall–Kier alpha value is -0.0400. The lowest BCUT2D eigenvalue weighted by molar-refractivity contribution is 0.409. The van der Waals surface area contributed by atoms with Crippen LogP contribution in [-0.2, 0) is 0 Å². The van der Waals surface area contributed by atoms with Crippen LogP contribution in [0.15, 0.2) is 0 Å². The molecule has 26 heavy (non-hydrogen) atoms. The van der Waals surface area contributed by atoms with Crippen molar-refractivity contribution in [1.29, 1.82) is 0 Å². The summed E-state index contributed by atoms with van der Waals surface area (Å²) < 4.78 is 0. The molecule has 0 aromatic heterocycles. The highest BCUT2D eigenvalue weighted by Gasteiger charge is 2.08. The standard InChI is InChI=1S/C25H51N/c1-2-3-4-5-6-7-12-15-18-21-24-26-25-22-19-16-13-10-8-9-11-14-17-20-23-25/h25-26H,2-24H2,1H3. The van der Waals surface area contributed by atoms with Crippen molar-refractivity contribution in [2.75, 3.05) is 6.54 Å². The van der Waals surface area contributed by atoms with Gasteiger partial charge in [-0.2, -0.15) is 0 Å². The van der Waals surface area contributed by atoms with E-state index in [1.807, 2.05) is 0 Å². The fourth-order valence-corrected chi connectivity index (χ4v) is 4.46. The molecule has 0 aromatic rings. The average Bonchev–Trinajstić information content (AvgIpc) is 2.68. The lowest BCUT2D eigenvalue weighted by Gasteiger charge is -2.19. The molecular weight excluding hydrogens is 314 g/mol. The molecule has 0 spiro atoms. The van der Waals surface area contributed by atoms with Gasteiger partial charge in [-0.3, -0.25) is 0 Å². The highest BCUT2D eigenvalue weighted by Crippen LogP contribution is 2.17. The van der Waals surface area contributed by atoms with E-state index in [2.05, 4.69) is 12.2 Å². The molecule has 0 saturated heterocycles. The number of hydrogen-bond donors (Lipinski definition) is 1. The van der Waals surface area contributed by atoms with Gasteiger partial charge in [-0.1, -0.05) is 129 Å². The molecule has 1 nitrogen and oxygen atoms in total. The summed E-state index contributed by atoms with van der Waals surface area (Å²) in [5, 5.41) is 3.91. The molecule has 0 bridgehead atoms. The SMILES string of the molecule is CCCCCCCCCCCCNC1CCCCCCCCCCCC1. The zero-order valence-electron chi connectivity index (χ0n) is 18.3. The third-order valence-electron chi connectivity index (χ3n) is 6.32. The maximum Gasteiger partial charge on any atom is 0.00670 e. The van der Waals surface area contributed by atoms with Crippen molar-refractivity contribution < 1.29 is 0 Å². The Morgan fingerprint density at radius 2 is 0.885 bits per heavy atom. The van der Waals surface area contributed by atoms with Crippen LogP contribution in [0.4, 0.5) is 0 Å². The fourth-order valence-electron chi connectivity index (χ4n) is 4.46. The first kappa shape index (κ1) is 24.0. The Labute approximate surface area is 166 Å². The maximum absolute atomic E-state index is 3.91. The van der Waals surface area contributed by atoms with Crippen molar-refractivity contribution in [2.24, 2.45) is 0 Å². The molecule has 0 heterocycles. The molecule has 0 aromatic carbocycles. The molecule has 1 heteroatoms. The molecule has 0 unspecified atom stereocenters. The van der Waals surface area contributed by atoms with E-state index in [9.17, 15) is 0 Å². The highest BCUT2D eigenvalue weighted by atomic mass is 14.9. The minimum absolute atomic E-state index is 0.814. The van der Waals surface area contributed by atoms with E-state index in [0.717, 1.165) is 6.04 Å². The fraction of sp³-hybridized carbons (Fsp3) is 1.00. The maximum atomic E-state index is 3.91. The van der Waals surface area contributed by atoms with Crippen LogP contribution in [0, 0.1) is 0 Å². The first-order valence-corrected chi connectivity index (χ1v) is 12.7. The van der Waals surface area contributed by atoms with Gasteiger partial charge in [0.05, 0.1) is 0 Å². The summed E-state index contributed by atoms with van der Waals surface area (Å²) in [6.45, 7) is 3.57. The molecule has 0 atom stereocenters. The van der Waals surface area contributed by atoms with Crippen LogP contribution in [0.2, 0.25) is 0 Å². The van der Waals surface area contributed by atoms with Gasteiger partial charge in [0.1, 0.15) is 0 Å². The molecule has 1 aliphatic rings. The van der Waals surface area contributed by atoms with Gasteiger partial charge < -0.3 is 5.32 Å². The molecule has 0 aliphatic heterocycles. The monoisotopic (exact) mass is 365 g/mol. The summed E-state index contributed by atoms with van der Waals surface area (Å²) in [5.41, 5.74) is 0. The van der Waals surface area contributed by atoms with E-state index in [0.29, 0.717) is 0 Å². The van der Waals surface area contributed by atoms with Crippen LogP contribution in [0.1, 0.15) is 148 Å². The summed E-state index contributed by atoms with van der Waals surface area (Å²) >= 11 is 0.